The molecule has 1 atom stereocenters. The minimum Gasteiger partial charge on any atom is -0.490 e. The summed E-state index contributed by atoms with van der Waals surface area (Å²) in [5, 5.41) is 6.43. The summed E-state index contributed by atoms with van der Waals surface area (Å²) in [6.45, 7) is 2.44. The number of guanidine groups is 1. The van der Waals surface area contributed by atoms with Crippen molar-refractivity contribution in [1.82, 2.24) is 15.5 Å². The molecule has 0 bridgehead atoms. The number of hydrogen-bond donors (Lipinski definition) is 2. The number of aliphatic imine (C=N–C) groups is 1. The first kappa shape index (κ1) is 21.2. The standard InChI is InChI=1S/C19H30F2N4O2/c1-5-26-16-8-6-7-14(17(16)27-18(20)21)12-24-19(22-3)23-11-13(2)25(4)15-9-10-15/h6-8,13,15,18H,5,9-12H2,1-4H3,(H2,22,23,24). The Morgan fingerprint density at radius 1 is 1.33 bits per heavy atom. The lowest BCUT2D eigenvalue weighted by molar-refractivity contribution is -0.0520. The number of nitrogens with zero attached hydrogens (tertiary/aromatic N) is 2. The molecule has 0 aromatic heterocycles. The molecule has 1 aliphatic carbocycles. The number of hydrogen-bond acceptors (Lipinski definition) is 4. The molecule has 8 heteroatoms. The normalized spacial score (nSPS) is 15.8. The van der Waals surface area contributed by atoms with Crippen LogP contribution in [0.25, 0.3) is 0 Å². The summed E-state index contributed by atoms with van der Waals surface area (Å²) >= 11 is 0. The maximum atomic E-state index is 12.8. The van der Waals surface area contributed by atoms with Crippen LogP contribution in [0.2, 0.25) is 0 Å². The highest BCUT2D eigenvalue weighted by molar-refractivity contribution is 5.79. The summed E-state index contributed by atoms with van der Waals surface area (Å²) in [5.41, 5.74) is 0.576. The summed E-state index contributed by atoms with van der Waals surface area (Å²) in [6, 6.07) is 6.16. The molecule has 152 valence electrons. The molecule has 0 amide bonds. The summed E-state index contributed by atoms with van der Waals surface area (Å²) in [7, 11) is 3.81. The van der Waals surface area contributed by atoms with Crippen molar-refractivity contribution in [3.05, 3.63) is 23.8 Å². The highest BCUT2D eigenvalue weighted by Gasteiger charge is 2.29. The van der Waals surface area contributed by atoms with Gasteiger partial charge >= 0.3 is 6.61 Å². The third-order valence-corrected chi connectivity index (χ3v) is 4.62. The van der Waals surface area contributed by atoms with Crippen LogP contribution in [0.3, 0.4) is 0 Å². The zero-order valence-electron chi connectivity index (χ0n) is 16.5. The zero-order chi connectivity index (χ0) is 19.8. The fourth-order valence-corrected chi connectivity index (χ4v) is 2.82. The van der Waals surface area contributed by atoms with Gasteiger partial charge in [0.1, 0.15) is 0 Å². The van der Waals surface area contributed by atoms with E-state index in [1.807, 2.05) is 0 Å². The van der Waals surface area contributed by atoms with Gasteiger partial charge in [0.2, 0.25) is 0 Å². The molecule has 1 aromatic carbocycles. The van der Waals surface area contributed by atoms with E-state index >= 15 is 0 Å². The quantitative estimate of drug-likeness (QED) is 0.480. The topological polar surface area (TPSA) is 58.1 Å². The minimum atomic E-state index is -2.92. The van der Waals surface area contributed by atoms with Crippen LogP contribution < -0.4 is 20.1 Å². The molecular formula is C19H30F2N4O2. The van der Waals surface area contributed by atoms with Crippen LogP contribution in [0.5, 0.6) is 11.5 Å². The van der Waals surface area contributed by atoms with Crippen LogP contribution in [0, 0.1) is 0 Å². The van der Waals surface area contributed by atoms with E-state index < -0.39 is 6.61 Å². The van der Waals surface area contributed by atoms with Gasteiger partial charge in [-0.3, -0.25) is 9.89 Å². The van der Waals surface area contributed by atoms with Gasteiger partial charge in [0.05, 0.1) is 6.61 Å². The van der Waals surface area contributed by atoms with Crippen LogP contribution in [0.1, 0.15) is 32.3 Å². The number of ether oxygens (including phenoxy) is 2. The average Bonchev–Trinajstić information content (AvgIpc) is 3.48. The van der Waals surface area contributed by atoms with Crippen molar-refractivity contribution in [2.24, 2.45) is 4.99 Å². The van der Waals surface area contributed by atoms with E-state index in [4.69, 9.17) is 9.47 Å². The van der Waals surface area contributed by atoms with E-state index in [-0.39, 0.29) is 12.3 Å². The zero-order valence-corrected chi connectivity index (χ0v) is 16.5. The number of halogens is 2. The molecule has 27 heavy (non-hydrogen) atoms. The lowest BCUT2D eigenvalue weighted by Gasteiger charge is -2.25. The predicted molar refractivity (Wildman–Crippen MR) is 103 cm³/mol. The van der Waals surface area contributed by atoms with Crippen LogP contribution in [0.4, 0.5) is 8.78 Å². The fourth-order valence-electron chi connectivity index (χ4n) is 2.82. The highest BCUT2D eigenvalue weighted by Crippen LogP contribution is 2.32. The summed E-state index contributed by atoms with van der Waals surface area (Å²) < 4.78 is 35.7. The van der Waals surface area contributed by atoms with E-state index in [2.05, 4.69) is 34.5 Å². The Labute approximate surface area is 159 Å². The number of likely N-dealkylation sites (N-methyl/N-ethyl adjacent to an activating group) is 1. The van der Waals surface area contributed by atoms with Gasteiger partial charge in [-0.15, -0.1) is 0 Å². The second-order valence-electron chi connectivity index (χ2n) is 6.61. The van der Waals surface area contributed by atoms with Gasteiger partial charge in [0.15, 0.2) is 17.5 Å². The largest absolute Gasteiger partial charge is 0.490 e. The Hall–Kier alpha value is -2.09. The Bertz CT molecular complexity index is 624. The Morgan fingerprint density at radius 2 is 2.07 bits per heavy atom. The van der Waals surface area contributed by atoms with Crippen molar-refractivity contribution in [1.29, 1.82) is 0 Å². The number of alkyl halides is 2. The molecule has 0 spiro atoms. The lowest BCUT2D eigenvalue weighted by atomic mass is 10.2. The first-order valence-corrected chi connectivity index (χ1v) is 9.32. The van der Waals surface area contributed by atoms with E-state index in [9.17, 15) is 8.78 Å². The van der Waals surface area contributed by atoms with E-state index in [1.54, 1.807) is 32.2 Å². The van der Waals surface area contributed by atoms with Crippen molar-refractivity contribution >= 4 is 5.96 Å². The molecule has 1 saturated carbocycles. The maximum absolute atomic E-state index is 12.8. The minimum absolute atomic E-state index is 0.0548. The third-order valence-electron chi connectivity index (χ3n) is 4.62. The first-order valence-electron chi connectivity index (χ1n) is 9.32. The van der Waals surface area contributed by atoms with Crippen molar-refractivity contribution < 1.29 is 18.3 Å². The average molecular weight is 384 g/mol. The van der Waals surface area contributed by atoms with Crippen LogP contribution in [0.15, 0.2) is 23.2 Å². The summed E-state index contributed by atoms with van der Waals surface area (Å²) in [5.74, 6) is 0.967. The summed E-state index contributed by atoms with van der Waals surface area (Å²) in [6.07, 6.45) is 2.52. The van der Waals surface area contributed by atoms with E-state index in [0.29, 0.717) is 36.0 Å². The molecule has 2 N–H and O–H groups in total. The lowest BCUT2D eigenvalue weighted by Crippen LogP contribution is -2.45. The van der Waals surface area contributed by atoms with Gasteiger partial charge in [0, 0.05) is 37.8 Å². The number of rotatable bonds is 10. The second-order valence-corrected chi connectivity index (χ2v) is 6.61. The van der Waals surface area contributed by atoms with Gasteiger partial charge in [0.25, 0.3) is 0 Å². The van der Waals surface area contributed by atoms with Crippen molar-refractivity contribution in [2.45, 2.75) is 51.9 Å². The second kappa shape index (κ2) is 10.3. The number of benzene rings is 1. The molecule has 6 nitrogen and oxygen atoms in total. The van der Waals surface area contributed by atoms with Gasteiger partial charge in [-0.05, 0) is 39.8 Å². The predicted octanol–water partition coefficient (Wildman–Crippen LogP) is 2.83. The van der Waals surface area contributed by atoms with Crippen molar-refractivity contribution in [3.63, 3.8) is 0 Å². The number of para-hydroxylation sites is 1. The maximum Gasteiger partial charge on any atom is 0.387 e. The first-order chi connectivity index (χ1) is 13.0. The van der Waals surface area contributed by atoms with Gasteiger partial charge in [-0.25, -0.2) is 0 Å². The molecule has 1 unspecified atom stereocenters. The molecule has 0 saturated heterocycles. The van der Waals surface area contributed by atoms with Crippen LogP contribution >= 0.6 is 0 Å². The Kier molecular flexibility index (Phi) is 8.09. The molecule has 1 aliphatic rings. The van der Waals surface area contributed by atoms with Crippen LogP contribution in [-0.2, 0) is 6.54 Å². The molecule has 1 fully saturated rings. The molecule has 1 aromatic rings. The van der Waals surface area contributed by atoms with Crippen molar-refractivity contribution in [3.8, 4) is 11.5 Å². The monoisotopic (exact) mass is 384 g/mol. The molecule has 2 rings (SSSR count). The SMILES string of the molecule is CCOc1cccc(CNC(=NC)NCC(C)N(C)C2CC2)c1OC(F)F. The van der Waals surface area contributed by atoms with Gasteiger partial charge in [-0.2, -0.15) is 8.78 Å². The molecule has 0 aliphatic heterocycles. The third kappa shape index (κ3) is 6.53. The summed E-state index contributed by atoms with van der Waals surface area (Å²) in [4.78, 5) is 6.56. The van der Waals surface area contributed by atoms with E-state index in [0.717, 1.165) is 6.54 Å². The van der Waals surface area contributed by atoms with Gasteiger partial charge < -0.3 is 20.1 Å². The van der Waals surface area contributed by atoms with Gasteiger partial charge in [-0.1, -0.05) is 12.1 Å². The van der Waals surface area contributed by atoms with Crippen molar-refractivity contribution in [2.75, 3.05) is 27.2 Å². The highest BCUT2D eigenvalue weighted by atomic mass is 19.3. The number of nitrogens with one attached hydrogen (secondary N) is 2. The molecule has 0 radical (unpaired) electrons. The van der Waals surface area contributed by atoms with Crippen LogP contribution in [-0.4, -0.2) is 56.8 Å². The fraction of sp³-hybridized carbons (Fsp3) is 0.632. The molecule has 0 heterocycles. The Morgan fingerprint density at radius 3 is 2.67 bits per heavy atom. The molecular weight excluding hydrogens is 354 g/mol. The van der Waals surface area contributed by atoms with E-state index in [1.165, 1.54) is 12.8 Å². The smallest absolute Gasteiger partial charge is 0.387 e. The Balaban J connectivity index is 1.95.